The number of nitrogens with two attached hydrogens (primary N) is 1. The molecule has 2 heterocycles. The lowest BCUT2D eigenvalue weighted by atomic mass is 10.0. The molecular weight excluding hydrogens is 338 g/mol. The predicted molar refractivity (Wildman–Crippen MR) is 107 cm³/mol. The summed E-state index contributed by atoms with van der Waals surface area (Å²) in [5, 5.41) is 4.45. The Labute approximate surface area is 159 Å². The van der Waals surface area contributed by atoms with Crippen LogP contribution in [0.4, 0.5) is 5.69 Å². The van der Waals surface area contributed by atoms with E-state index < -0.39 is 0 Å². The third-order valence-electron chi connectivity index (χ3n) is 4.61. The lowest BCUT2D eigenvalue weighted by Crippen LogP contribution is -2.28. The number of anilines is 1. The summed E-state index contributed by atoms with van der Waals surface area (Å²) >= 11 is 0. The first kappa shape index (κ1) is 18.6. The SMILES string of the molecule is Cc1cc(C)n(CCCN(C)C(=O)c2ccc(-c3cnccc3N)cc2)n1. The number of carbonyl (C=O) groups is 1. The smallest absolute Gasteiger partial charge is 0.253 e. The zero-order chi connectivity index (χ0) is 19.4. The number of amides is 1. The maximum atomic E-state index is 12.6. The van der Waals surface area contributed by atoms with Gasteiger partial charge in [0, 0.05) is 55.0 Å². The van der Waals surface area contributed by atoms with Crippen LogP contribution in [0.5, 0.6) is 0 Å². The molecule has 3 aromatic rings. The van der Waals surface area contributed by atoms with Gasteiger partial charge in [-0.25, -0.2) is 0 Å². The van der Waals surface area contributed by atoms with Gasteiger partial charge < -0.3 is 10.6 Å². The fraction of sp³-hybridized carbons (Fsp3) is 0.286. The number of carbonyl (C=O) groups excluding carboxylic acids is 1. The Kier molecular flexibility index (Phi) is 5.54. The molecular formula is C21H25N5O. The van der Waals surface area contributed by atoms with Crippen LogP contribution in [0.15, 0.2) is 48.8 Å². The first-order valence-corrected chi connectivity index (χ1v) is 9.02. The molecule has 0 saturated carbocycles. The van der Waals surface area contributed by atoms with Crippen molar-refractivity contribution in [2.45, 2.75) is 26.8 Å². The van der Waals surface area contributed by atoms with Gasteiger partial charge in [-0.2, -0.15) is 5.10 Å². The molecule has 1 amide bonds. The first-order valence-electron chi connectivity index (χ1n) is 9.02. The standard InChI is InChI=1S/C21H25N5O/c1-15-13-16(2)26(24-15)12-4-11-25(3)21(27)18-7-5-17(6-8-18)19-14-23-10-9-20(19)22/h5-10,13-14H,4,11-12H2,1-3H3,(H2,22,23). The van der Waals surface area contributed by atoms with E-state index in [0.717, 1.165) is 35.5 Å². The van der Waals surface area contributed by atoms with Crippen molar-refractivity contribution in [2.75, 3.05) is 19.3 Å². The van der Waals surface area contributed by atoms with E-state index in [2.05, 4.69) is 16.1 Å². The number of aryl methyl sites for hydroxylation is 3. The average molecular weight is 363 g/mol. The summed E-state index contributed by atoms with van der Waals surface area (Å²) in [6, 6.07) is 11.3. The van der Waals surface area contributed by atoms with Crippen LogP contribution in [0.25, 0.3) is 11.1 Å². The van der Waals surface area contributed by atoms with Crippen molar-refractivity contribution in [2.24, 2.45) is 0 Å². The number of hydrogen-bond acceptors (Lipinski definition) is 4. The number of pyridine rings is 1. The molecule has 27 heavy (non-hydrogen) atoms. The molecule has 0 bridgehead atoms. The highest BCUT2D eigenvalue weighted by Crippen LogP contribution is 2.24. The molecule has 3 rings (SSSR count). The molecule has 0 fully saturated rings. The highest BCUT2D eigenvalue weighted by atomic mass is 16.2. The van der Waals surface area contributed by atoms with Gasteiger partial charge in [-0.15, -0.1) is 0 Å². The summed E-state index contributed by atoms with van der Waals surface area (Å²) in [4.78, 5) is 18.5. The Morgan fingerprint density at radius 2 is 1.93 bits per heavy atom. The second kappa shape index (κ2) is 8.03. The molecule has 0 aliphatic carbocycles. The molecule has 2 N–H and O–H groups in total. The third-order valence-corrected chi connectivity index (χ3v) is 4.61. The lowest BCUT2D eigenvalue weighted by Gasteiger charge is -2.17. The van der Waals surface area contributed by atoms with Crippen molar-refractivity contribution in [3.05, 3.63) is 65.7 Å². The van der Waals surface area contributed by atoms with Crippen LogP contribution in [0.1, 0.15) is 28.2 Å². The summed E-state index contributed by atoms with van der Waals surface area (Å²) in [6.45, 7) is 5.51. The predicted octanol–water partition coefficient (Wildman–Crippen LogP) is 3.31. The zero-order valence-corrected chi connectivity index (χ0v) is 16.0. The maximum Gasteiger partial charge on any atom is 0.253 e. The molecule has 2 aromatic heterocycles. The summed E-state index contributed by atoms with van der Waals surface area (Å²) in [5.41, 5.74) is 11.3. The Morgan fingerprint density at radius 3 is 2.56 bits per heavy atom. The van der Waals surface area contributed by atoms with Gasteiger partial charge in [0.25, 0.3) is 5.91 Å². The fourth-order valence-electron chi connectivity index (χ4n) is 3.12. The third kappa shape index (κ3) is 4.34. The number of aromatic nitrogens is 3. The monoisotopic (exact) mass is 363 g/mol. The van der Waals surface area contributed by atoms with Gasteiger partial charge in [-0.3, -0.25) is 14.5 Å². The Morgan fingerprint density at radius 1 is 1.19 bits per heavy atom. The highest BCUT2D eigenvalue weighted by molar-refractivity contribution is 5.94. The van der Waals surface area contributed by atoms with Gasteiger partial charge in [-0.05, 0) is 50.1 Å². The summed E-state index contributed by atoms with van der Waals surface area (Å²) in [7, 11) is 1.83. The average Bonchev–Trinajstić information content (AvgIpc) is 2.99. The van der Waals surface area contributed by atoms with E-state index in [9.17, 15) is 4.79 Å². The minimum absolute atomic E-state index is 0.00840. The number of hydrogen-bond donors (Lipinski definition) is 1. The van der Waals surface area contributed by atoms with Gasteiger partial charge in [0.2, 0.25) is 0 Å². The number of nitrogen functional groups attached to an aromatic ring is 1. The van der Waals surface area contributed by atoms with E-state index in [4.69, 9.17) is 5.73 Å². The van der Waals surface area contributed by atoms with Gasteiger partial charge in [0.1, 0.15) is 0 Å². The fourth-order valence-corrected chi connectivity index (χ4v) is 3.12. The van der Waals surface area contributed by atoms with Crippen LogP contribution in [-0.4, -0.2) is 39.2 Å². The minimum atomic E-state index is 0.00840. The topological polar surface area (TPSA) is 77.0 Å². The van der Waals surface area contributed by atoms with Crippen LogP contribution in [0.3, 0.4) is 0 Å². The van der Waals surface area contributed by atoms with Gasteiger partial charge in [-0.1, -0.05) is 12.1 Å². The number of benzene rings is 1. The van der Waals surface area contributed by atoms with Crippen molar-refractivity contribution in [3.8, 4) is 11.1 Å². The van der Waals surface area contributed by atoms with Crippen molar-refractivity contribution in [3.63, 3.8) is 0 Å². The molecule has 0 atom stereocenters. The normalized spacial score (nSPS) is 10.8. The summed E-state index contributed by atoms with van der Waals surface area (Å²) < 4.78 is 1.99. The number of rotatable bonds is 6. The molecule has 6 nitrogen and oxygen atoms in total. The van der Waals surface area contributed by atoms with Crippen LogP contribution < -0.4 is 5.73 Å². The first-order chi connectivity index (χ1) is 13.0. The van der Waals surface area contributed by atoms with Crippen LogP contribution in [0.2, 0.25) is 0 Å². The Bertz CT molecular complexity index is 930. The molecule has 0 spiro atoms. The molecule has 140 valence electrons. The largest absolute Gasteiger partial charge is 0.398 e. The van der Waals surface area contributed by atoms with E-state index >= 15 is 0 Å². The second-order valence-electron chi connectivity index (χ2n) is 6.77. The molecule has 0 aliphatic heterocycles. The maximum absolute atomic E-state index is 12.6. The Balaban J connectivity index is 1.60. The molecule has 6 heteroatoms. The van der Waals surface area contributed by atoms with Gasteiger partial charge >= 0.3 is 0 Å². The highest BCUT2D eigenvalue weighted by Gasteiger charge is 2.12. The second-order valence-corrected chi connectivity index (χ2v) is 6.77. The van der Waals surface area contributed by atoms with Gasteiger partial charge in [0.15, 0.2) is 0 Å². The van der Waals surface area contributed by atoms with Crippen molar-refractivity contribution in [1.29, 1.82) is 0 Å². The van der Waals surface area contributed by atoms with Crippen LogP contribution in [-0.2, 0) is 6.54 Å². The lowest BCUT2D eigenvalue weighted by molar-refractivity contribution is 0.0791. The number of nitrogens with zero attached hydrogens (tertiary/aromatic N) is 4. The summed E-state index contributed by atoms with van der Waals surface area (Å²) in [6.07, 6.45) is 4.25. The van der Waals surface area contributed by atoms with Crippen LogP contribution >= 0.6 is 0 Å². The minimum Gasteiger partial charge on any atom is -0.398 e. The van der Waals surface area contributed by atoms with Gasteiger partial charge in [0.05, 0.1) is 5.69 Å². The van der Waals surface area contributed by atoms with Crippen molar-refractivity contribution >= 4 is 11.6 Å². The van der Waals surface area contributed by atoms with Crippen molar-refractivity contribution < 1.29 is 4.79 Å². The molecule has 0 aliphatic rings. The molecule has 0 saturated heterocycles. The van der Waals surface area contributed by atoms with E-state index in [-0.39, 0.29) is 5.91 Å². The van der Waals surface area contributed by atoms with Crippen molar-refractivity contribution in [1.82, 2.24) is 19.7 Å². The van der Waals surface area contributed by atoms with Crippen LogP contribution in [0, 0.1) is 13.8 Å². The molecule has 0 radical (unpaired) electrons. The van der Waals surface area contributed by atoms with E-state index in [1.54, 1.807) is 23.4 Å². The zero-order valence-electron chi connectivity index (χ0n) is 16.0. The van der Waals surface area contributed by atoms with E-state index in [1.807, 2.05) is 49.8 Å². The van der Waals surface area contributed by atoms with E-state index in [1.165, 1.54) is 0 Å². The molecule has 1 aromatic carbocycles. The Hall–Kier alpha value is -3.15. The summed E-state index contributed by atoms with van der Waals surface area (Å²) in [5.74, 6) is 0.00840. The van der Waals surface area contributed by atoms with E-state index in [0.29, 0.717) is 17.8 Å². The molecule has 0 unspecified atom stereocenters. The quantitative estimate of drug-likeness (QED) is 0.729.